The summed E-state index contributed by atoms with van der Waals surface area (Å²) in [4.78, 5) is 38.4. The van der Waals surface area contributed by atoms with Crippen molar-refractivity contribution in [1.82, 2.24) is 15.4 Å². The van der Waals surface area contributed by atoms with E-state index in [9.17, 15) is 14.4 Å². The normalized spacial score (nSPS) is 24.0. The van der Waals surface area contributed by atoms with Crippen molar-refractivity contribution < 1.29 is 23.6 Å². The van der Waals surface area contributed by atoms with Gasteiger partial charge in [-0.1, -0.05) is 55.3 Å². The monoisotopic (exact) mass is 397 g/mol. The standard InChI is InChI=1S/C21H23N3O5/c1-14-7-5-6-10-21(14)19(26)24(20(27)22-21)12-18(25)28-13-16-11-17(29-23-16)15-8-3-2-4-9-15/h2-4,8-9,11,14H,5-7,10,12-13H2,1H3,(H,22,27)/t14-,21+/m1/s1. The molecule has 1 aromatic heterocycles. The molecule has 8 nitrogen and oxygen atoms in total. The Hall–Kier alpha value is -3.16. The maximum absolute atomic E-state index is 12.9. The van der Waals surface area contributed by atoms with Gasteiger partial charge in [-0.25, -0.2) is 4.79 Å². The van der Waals surface area contributed by atoms with Crippen LogP contribution in [0.25, 0.3) is 11.3 Å². The maximum Gasteiger partial charge on any atom is 0.326 e. The van der Waals surface area contributed by atoms with Crippen LogP contribution in [-0.2, 0) is 20.9 Å². The Morgan fingerprint density at radius 3 is 2.86 bits per heavy atom. The molecule has 152 valence electrons. The highest BCUT2D eigenvalue weighted by molar-refractivity contribution is 6.08. The summed E-state index contributed by atoms with van der Waals surface area (Å²) in [5.41, 5.74) is 0.433. The fourth-order valence-electron chi connectivity index (χ4n) is 4.09. The lowest BCUT2D eigenvalue weighted by atomic mass is 9.73. The molecule has 8 heteroatoms. The molecule has 1 N–H and O–H groups in total. The van der Waals surface area contributed by atoms with Gasteiger partial charge in [0.25, 0.3) is 5.91 Å². The van der Waals surface area contributed by atoms with E-state index in [0.717, 1.165) is 29.7 Å². The van der Waals surface area contributed by atoms with Crippen molar-refractivity contribution in [2.45, 2.75) is 44.8 Å². The number of aromatic nitrogens is 1. The Balaban J connectivity index is 1.35. The largest absolute Gasteiger partial charge is 0.458 e. The SMILES string of the molecule is C[C@@H]1CCCC[C@]12NC(=O)N(CC(=O)OCc1cc(-c3ccccc3)on1)C2=O. The number of nitrogens with one attached hydrogen (secondary N) is 1. The quantitative estimate of drug-likeness (QED) is 0.615. The van der Waals surface area contributed by atoms with Crippen LogP contribution in [0.3, 0.4) is 0 Å². The van der Waals surface area contributed by atoms with Crippen LogP contribution in [0.1, 0.15) is 38.3 Å². The smallest absolute Gasteiger partial charge is 0.326 e. The van der Waals surface area contributed by atoms with Gasteiger partial charge in [0.1, 0.15) is 24.4 Å². The Morgan fingerprint density at radius 1 is 1.31 bits per heavy atom. The molecular weight excluding hydrogens is 374 g/mol. The van der Waals surface area contributed by atoms with E-state index in [4.69, 9.17) is 9.26 Å². The Labute approximate surface area is 168 Å². The molecule has 1 saturated heterocycles. The lowest BCUT2D eigenvalue weighted by Crippen LogP contribution is -2.54. The Bertz CT molecular complexity index is 925. The number of benzene rings is 1. The highest BCUT2D eigenvalue weighted by Gasteiger charge is 2.55. The first kappa shape index (κ1) is 19.2. The third-order valence-electron chi connectivity index (χ3n) is 5.79. The van der Waals surface area contributed by atoms with Gasteiger partial charge in [0, 0.05) is 11.6 Å². The molecule has 2 aromatic rings. The second kappa shape index (κ2) is 7.69. The minimum atomic E-state index is -0.883. The molecular formula is C21H23N3O5. The van der Waals surface area contributed by atoms with Crippen LogP contribution < -0.4 is 5.32 Å². The van der Waals surface area contributed by atoms with Crippen molar-refractivity contribution in [1.29, 1.82) is 0 Å². The van der Waals surface area contributed by atoms with E-state index in [1.807, 2.05) is 37.3 Å². The molecule has 2 aliphatic rings. The van der Waals surface area contributed by atoms with Gasteiger partial charge in [0.2, 0.25) is 0 Å². The molecule has 1 saturated carbocycles. The minimum Gasteiger partial charge on any atom is -0.458 e. The average Bonchev–Trinajstić information content (AvgIpc) is 3.29. The Morgan fingerprint density at radius 2 is 2.10 bits per heavy atom. The lowest BCUT2D eigenvalue weighted by Gasteiger charge is -2.36. The number of amides is 3. The van der Waals surface area contributed by atoms with Gasteiger partial charge in [0.05, 0.1) is 0 Å². The summed E-state index contributed by atoms with van der Waals surface area (Å²) in [5.74, 6) is -0.392. The van der Waals surface area contributed by atoms with Crippen molar-refractivity contribution in [2.75, 3.05) is 6.54 Å². The summed E-state index contributed by atoms with van der Waals surface area (Å²) in [6, 6.07) is 10.6. The topological polar surface area (TPSA) is 102 Å². The molecule has 2 atom stereocenters. The predicted octanol–water partition coefficient (Wildman–Crippen LogP) is 2.89. The number of imide groups is 1. The fraction of sp³-hybridized carbons (Fsp3) is 0.429. The number of esters is 1. The molecule has 3 amide bonds. The van der Waals surface area contributed by atoms with Gasteiger partial charge in [-0.2, -0.15) is 0 Å². The molecule has 4 rings (SSSR count). The van der Waals surface area contributed by atoms with Crippen LogP contribution in [0.15, 0.2) is 40.9 Å². The van der Waals surface area contributed by atoms with Gasteiger partial charge in [-0.05, 0) is 18.8 Å². The van der Waals surface area contributed by atoms with Gasteiger partial charge in [0.15, 0.2) is 5.76 Å². The number of nitrogens with zero attached hydrogens (tertiary/aromatic N) is 2. The third-order valence-corrected chi connectivity index (χ3v) is 5.79. The van der Waals surface area contributed by atoms with Crippen LogP contribution in [0.2, 0.25) is 0 Å². The van der Waals surface area contributed by atoms with Crippen LogP contribution in [0.4, 0.5) is 4.79 Å². The number of urea groups is 1. The number of carbonyl (C=O) groups excluding carboxylic acids is 3. The van der Waals surface area contributed by atoms with Gasteiger partial charge in [-0.3, -0.25) is 14.5 Å². The van der Waals surface area contributed by atoms with Gasteiger partial charge < -0.3 is 14.6 Å². The summed E-state index contributed by atoms with van der Waals surface area (Å²) < 4.78 is 10.5. The molecule has 0 radical (unpaired) electrons. The van der Waals surface area contributed by atoms with E-state index in [1.54, 1.807) is 6.07 Å². The first-order chi connectivity index (χ1) is 14.0. The number of carbonyl (C=O) groups is 3. The number of hydrogen-bond donors (Lipinski definition) is 1. The van der Waals surface area contributed by atoms with Crippen molar-refractivity contribution >= 4 is 17.9 Å². The summed E-state index contributed by atoms with van der Waals surface area (Å²) in [6.07, 6.45) is 3.40. The second-order valence-corrected chi connectivity index (χ2v) is 7.65. The second-order valence-electron chi connectivity index (χ2n) is 7.65. The van der Waals surface area contributed by atoms with Crippen LogP contribution in [-0.4, -0.2) is 40.0 Å². The molecule has 1 aliphatic heterocycles. The first-order valence-corrected chi connectivity index (χ1v) is 9.80. The van der Waals surface area contributed by atoms with E-state index in [1.165, 1.54) is 0 Å². The zero-order valence-corrected chi connectivity index (χ0v) is 16.2. The molecule has 0 bridgehead atoms. The molecule has 1 aliphatic carbocycles. The average molecular weight is 397 g/mol. The third kappa shape index (κ3) is 3.62. The summed E-state index contributed by atoms with van der Waals surface area (Å²) in [6.45, 7) is 1.46. The van der Waals surface area contributed by atoms with Crippen LogP contribution >= 0.6 is 0 Å². The van der Waals surface area contributed by atoms with Crippen molar-refractivity contribution in [3.63, 3.8) is 0 Å². The molecule has 1 aromatic carbocycles. The zero-order chi connectivity index (χ0) is 20.4. The molecule has 2 fully saturated rings. The van der Waals surface area contributed by atoms with E-state index in [0.29, 0.717) is 17.9 Å². The van der Waals surface area contributed by atoms with Crippen LogP contribution in [0, 0.1) is 5.92 Å². The zero-order valence-electron chi connectivity index (χ0n) is 16.2. The number of hydrogen-bond acceptors (Lipinski definition) is 6. The van der Waals surface area contributed by atoms with Crippen LogP contribution in [0.5, 0.6) is 0 Å². The van der Waals surface area contributed by atoms with Crippen molar-refractivity contribution in [2.24, 2.45) is 5.92 Å². The van der Waals surface area contributed by atoms with E-state index < -0.39 is 24.1 Å². The minimum absolute atomic E-state index is 0.0419. The highest BCUT2D eigenvalue weighted by atomic mass is 16.5. The highest BCUT2D eigenvalue weighted by Crippen LogP contribution is 2.38. The van der Waals surface area contributed by atoms with E-state index in [2.05, 4.69) is 10.5 Å². The molecule has 0 unspecified atom stereocenters. The molecule has 29 heavy (non-hydrogen) atoms. The lowest BCUT2D eigenvalue weighted by molar-refractivity contribution is -0.149. The summed E-state index contributed by atoms with van der Waals surface area (Å²) >= 11 is 0. The van der Waals surface area contributed by atoms with E-state index in [-0.39, 0.29) is 18.4 Å². The summed E-state index contributed by atoms with van der Waals surface area (Å²) in [7, 11) is 0. The predicted molar refractivity (Wildman–Crippen MR) is 102 cm³/mol. The van der Waals surface area contributed by atoms with Gasteiger partial charge >= 0.3 is 12.0 Å². The summed E-state index contributed by atoms with van der Waals surface area (Å²) in [5, 5.41) is 6.71. The van der Waals surface area contributed by atoms with Crippen molar-refractivity contribution in [3.05, 3.63) is 42.1 Å². The molecule has 2 heterocycles. The van der Waals surface area contributed by atoms with E-state index >= 15 is 0 Å². The first-order valence-electron chi connectivity index (χ1n) is 9.80. The number of ether oxygens (including phenoxy) is 1. The molecule has 1 spiro atoms. The number of rotatable bonds is 5. The van der Waals surface area contributed by atoms with Gasteiger partial charge in [-0.15, -0.1) is 0 Å². The van der Waals surface area contributed by atoms with Crippen molar-refractivity contribution in [3.8, 4) is 11.3 Å². The maximum atomic E-state index is 12.9. The Kier molecular flexibility index (Phi) is 5.08. The fourth-order valence-corrected chi connectivity index (χ4v) is 4.09.